The number of carbonyl (C=O) groups is 2. The molecular weight excluding hydrogens is 394 g/mol. The van der Waals surface area contributed by atoms with Gasteiger partial charge in [-0.2, -0.15) is 0 Å². The number of benzene rings is 3. The molecule has 0 unspecified atom stereocenters. The van der Waals surface area contributed by atoms with Gasteiger partial charge in [0.05, 0.1) is 27.7 Å². The fourth-order valence-electron chi connectivity index (χ4n) is 3.28. The normalized spacial score (nSPS) is 11.8. The van der Waals surface area contributed by atoms with Crippen molar-refractivity contribution >= 4 is 39.1 Å². The molecule has 0 bridgehead atoms. The Balaban J connectivity index is 1.50. The number of carbonyl (C=O) groups excluding carboxylic acids is 2. The Kier molecular flexibility index (Phi) is 5.86. The molecule has 4 rings (SSSR count). The zero-order chi connectivity index (χ0) is 20.9. The van der Waals surface area contributed by atoms with E-state index in [2.05, 4.69) is 15.6 Å². The minimum absolute atomic E-state index is 0.127. The average molecular weight is 416 g/mol. The fourth-order valence-corrected chi connectivity index (χ4v) is 4.15. The van der Waals surface area contributed by atoms with Crippen LogP contribution in [0.15, 0.2) is 78.9 Å². The maximum atomic E-state index is 12.8. The summed E-state index contributed by atoms with van der Waals surface area (Å²) in [4.78, 5) is 29.9. The van der Waals surface area contributed by atoms with E-state index in [9.17, 15) is 9.59 Å². The van der Waals surface area contributed by atoms with Crippen LogP contribution in [-0.2, 0) is 4.79 Å². The molecule has 30 heavy (non-hydrogen) atoms. The summed E-state index contributed by atoms with van der Waals surface area (Å²) in [5, 5.41) is 6.92. The van der Waals surface area contributed by atoms with Crippen LogP contribution in [0.4, 0.5) is 5.69 Å². The lowest BCUT2D eigenvalue weighted by molar-refractivity contribution is -0.116. The maximum Gasteiger partial charge on any atom is 0.251 e. The van der Waals surface area contributed by atoms with Crippen molar-refractivity contribution in [1.29, 1.82) is 0 Å². The molecule has 0 spiro atoms. The lowest BCUT2D eigenvalue weighted by atomic mass is 10.0. The molecule has 0 saturated carbocycles. The second-order valence-electron chi connectivity index (χ2n) is 6.97. The van der Waals surface area contributed by atoms with Gasteiger partial charge in [0.1, 0.15) is 0 Å². The number of anilines is 1. The summed E-state index contributed by atoms with van der Waals surface area (Å²) in [6.07, 6.45) is 0.127. The molecule has 0 aliphatic carbocycles. The molecule has 0 radical (unpaired) electrons. The number of fused-ring (bicyclic) bond motifs is 1. The van der Waals surface area contributed by atoms with E-state index in [1.807, 2.05) is 73.7 Å². The highest BCUT2D eigenvalue weighted by Gasteiger charge is 2.19. The topological polar surface area (TPSA) is 71.1 Å². The van der Waals surface area contributed by atoms with Crippen LogP contribution >= 0.6 is 11.3 Å². The quantitative estimate of drug-likeness (QED) is 0.460. The van der Waals surface area contributed by atoms with Crippen molar-refractivity contribution in [3.05, 3.63) is 95.0 Å². The summed E-state index contributed by atoms with van der Waals surface area (Å²) in [5.74, 6) is -0.378. The number of aromatic nitrogens is 1. The zero-order valence-corrected chi connectivity index (χ0v) is 17.3. The van der Waals surface area contributed by atoms with Crippen LogP contribution in [0.25, 0.3) is 10.2 Å². The smallest absolute Gasteiger partial charge is 0.251 e. The first-order valence-corrected chi connectivity index (χ1v) is 10.5. The van der Waals surface area contributed by atoms with Gasteiger partial charge in [-0.25, -0.2) is 4.98 Å². The van der Waals surface area contributed by atoms with Gasteiger partial charge in [0, 0.05) is 11.3 Å². The fraction of sp³-hybridized carbons (Fsp3) is 0.125. The SMILES string of the molecule is Cc1nc2ccc(NC(=O)C[C@H](NC(=O)c3ccccc3)c3ccccc3)cc2s1. The first-order valence-electron chi connectivity index (χ1n) is 9.66. The number of nitrogens with one attached hydrogen (secondary N) is 2. The highest BCUT2D eigenvalue weighted by Crippen LogP contribution is 2.25. The predicted octanol–water partition coefficient (Wildman–Crippen LogP) is 5.10. The molecule has 3 aromatic carbocycles. The molecule has 5 nitrogen and oxygen atoms in total. The van der Waals surface area contributed by atoms with E-state index in [-0.39, 0.29) is 18.2 Å². The van der Waals surface area contributed by atoms with Crippen LogP contribution in [0.1, 0.15) is 33.4 Å². The van der Waals surface area contributed by atoms with Crippen molar-refractivity contribution in [3.63, 3.8) is 0 Å². The van der Waals surface area contributed by atoms with E-state index < -0.39 is 6.04 Å². The summed E-state index contributed by atoms with van der Waals surface area (Å²) < 4.78 is 1.03. The van der Waals surface area contributed by atoms with Gasteiger partial charge < -0.3 is 10.6 Å². The molecule has 0 saturated heterocycles. The molecule has 6 heteroatoms. The summed E-state index contributed by atoms with van der Waals surface area (Å²) in [5.41, 5.74) is 3.08. The van der Waals surface area contributed by atoms with Gasteiger partial charge in [-0.1, -0.05) is 48.5 Å². The van der Waals surface area contributed by atoms with Gasteiger partial charge in [-0.15, -0.1) is 11.3 Å². The highest BCUT2D eigenvalue weighted by molar-refractivity contribution is 7.18. The largest absolute Gasteiger partial charge is 0.345 e. The van der Waals surface area contributed by atoms with Crippen molar-refractivity contribution in [3.8, 4) is 0 Å². The van der Waals surface area contributed by atoms with Crippen LogP contribution in [-0.4, -0.2) is 16.8 Å². The molecule has 0 aliphatic heterocycles. The lowest BCUT2D eigenvalue weighted by Gasteiger charge is -2.19. The third-order valence-corrected chi connectivity index (χ3v) is 5.65. The first kappa shape index (κ1) is 19.8. The molecule has 1 aromatic heterocycles. The second-order valence-corrected chi connectivity index (χ2v) is 8.21. The van der Waals surface area contributed by atoms with Crippen molar-refractivity contribution in [2.75, 3.05) is 5.32 Å². The van der Waals surface area contributed by atoms with Crippen molar-refractivity contribution < 1.29 is 9.59 Å². The Morgan fingerprint density at radius 1 is 0.967 bits per heavy atom. The summed E-state index contributed by atoms with van der Waals surface area (Å²) >= 11 is 1.59. The molecule has 1 heterocycles. The Labute approximate surface area is 178 Å². The molecule has 2 amide bonds. The Bertz CT molecular complexity index is 1170. The van der Waals surface area contributed by atoms with E-state index in [0.29, 0.717) is 5.56 Å². The highest BCUT2D eigenvalue weighted by atomic mass is 32.1. The van der Waals surface area contributed by atoms with Crippen molar-refractivity contribution in [2.45, 2.75) is 19.4 Å². The standard InChI is InChI=1S/C24H21N3O2S/c1-16-25-20-13-12-19(14-22(20)30-16)26-23(28)15-21(17-8-4-2-5-9-17)27-24(29)18-10-6-3-7-11-18/h2-14,21H,15H2,1H3,(H,26,28)(H,27,29)/t21-/m0/s1. The van der Waals surface area contributed by atoms with Gasteiger partial charge in [0.25, 0.3) is 5.91 Å². The predicted molar refractivity (Wildman–Crippen MR) is 121 cm³/mol. The number of hydrogen-bond donors (Lipinski definition) is 2. The molecule has 2 N–H and O–H groups in total. The van der Waals surface area contributed by atoms with Gasteiger partial charge in [-0.3, -0.25) is 9.59 Å². The van der Waals surface area contributed by atoms with E-state index >= 15 is 0 Å². The van der Waals surface area contributed by atoms with Gasteiger partial charge in [0.15, 0.2) is 0 Å². The van der Waals surface area contributed by atoms with E-state index in [1.165, 1.54) is 0 Å². The monoisotopic (exact) mass is 415 g/mol. The summed E-state index contributed by atoms with van der Waals surface area (Å²) in [6, 6.07) is 23.8. The average Bonchev–Trinajstić information content (AvgIpc) is 3.13. The third-order valence-electron chi connectivity index (χ3n) is 4.71. The molecule has 1 atom stereocenters. The number of rotatable bonds is 6. The van der Waals surface area contributed by atoms with Crippen molar-refractivity contribution in [1.82, 2.24) is 10.3 Å². The van der Waals surface area contributed by atoms with Gasteiger partial charge in [0.2, 0.25) is 5.91 Å². The summed E-state index contributed by atoms with van der Waals surface area (Å²) in [6.45, 7) is 1.96. The van der Waals surface area contributed by atoms with Crippen molar-refractivity contribution in [2.24, 2.45) is 0 Å². The molecular formula is C24H21N3O2S. The van der Waals surface area contributed by atoms with E-state index in [1.54, 1.807) is 23.5 Å². The molecule has 4 aromatic rings. The molecule has 150 valence electrons. The van der Waals surface area contributed by atoms with Crippen LogP contribution in [0, 0.1) is 6.92 Å². The van der Waals surface area contributed by atoms with Crippen LogP contribution in [0.3, 0.4) is 0 Å². The van der Waals surface area contributed by atoms with Crippen LogP contribution in [0.5, 0.6) is 0 Å². The Morgan fingerprint density at radius 3 is 2.40 bits per heavy atom. The number of thiazole rings is 1. The second kappa shape index (κ2) is 8.88. The van der Waals surface area contributed by atoms with Crippen LogP contribution < -0.4 is 10.6 Å². The third kappa shape index (κ3) is 4.72. The first-order chi connectivity index (χ1) is 14.6. The number of hydrogen-bond acceptors (Lipinski definition) is 4. The van der Waals surface area contributed by atoms with Gasteiger partial charge in [-0.05, 0) is 42.8 Å². The van der Waals surface area contributed by atoms with E-state index in [0.717, 1.165) is 26.5 Å². The Hall–Kier alpha value is -3.51. The number of aryl methyl sites for hydroxylation is 1. The zero-order valence-electron chi connectivity index (χ0n) is 16.5. The van der Waals surface area contributed by atoms with Gasteiger partial charge >= 0.3 is 0 Å². The number of nitrogens with zero attached hydrogens (tertiary/aromatic N) is 1. The Morgan fingerprint density at radius 2 is 1.67 bits per heavy atom. The minimum atomic E-state index is -0.437. The lowest BCUT2D eigenvalue weighted by Crippen LogP contribution is -2.31. The molecule has 0 fully saturated rings. The minimum Gasteiger partial charge on any atom is -0.345 e. The number of amides is 2. The maximum absolute atomic E-state index is 12.8. The summed E-state index contributed by atoms with van der Waals surface area (Å²) in [7, 11) is 0. The molecule has 0 aliphatic rings. The van der Waals surface area contributed by atoms with E-state index in [4.69, 9.17) is 0 Å². The van der Waals surface area contributed by atoms with Crippen LogP contribution in [0.2, 0.25) is 0 Å².